The van der Waals surface area contributed by atoms with E-state index in [-0.39, 0.29) is 12.2 Å². The molecule has 1 aliphatic heterocycles. The van der Waals surface area contributed by atoms with Crippen LogP contribution in [0.3, 0.4) is 0 Å². The van der Waals surface area contributed by atoms with Crippen molar-refractivity contribution in [3.8, 4) is 0 Å². The molecule has 0 aliphatic carbocycles. The highest BCUT2D eigenvalue weighted by Crippen LogP contribution is 2.38. The number of rotatable bonds is 3. The molecule has 22 heavy (non-hydrogen) atoms. The van der Waals surface area contributed by atoms with Crippen molar-refractivity contribution in [1.82, 2.24) is 4.98 Å². The van der Waals surface area contributed by atoms with Gasteiger partial charge >= 0.3 is 5.97 Å². The molecule has 7 heteroatoms. The number of esters is 1. The van der Waals surface area contributed by atoms with Crippen LogP contribution in [0.1, 0.15) is 12.6 Å². The van der Waals surface area contributed by atoms with Crippen LogP contribution < -0.4 is 5.73 Å². The normalized spacial score (nSPS) is 20.7. The van der Waals surface area contributed by atoms with Crippen LogP contribution in [0.5, 0.6) is 0 Å². The molecular formula is C15H13IN4O2. The lowest BCUT2D eigenvalue weighted by Crippen LogP contribution is -2.35. The molecule has 0 saturated heterocycles. The zero-order valence-electron chi connectivity index (χ0n) is 11.8. The lowest BCUT2D eigenvalue weighted by atomic mass is 10.1. The Bertz CT molecular complexity index is 814. The molecule has 0 saturated carbocycles. The first-order valence-corrected chi connectivity index (χ1v) is 7.79. The molecule has 6 nitrogen and oxygen atoms in total. The summed E-state index contributed by atoms with van der Waals surface area (Å²) in [6.45, 7) is 1.99. The fourth-order valence-corrected chi connectivity index (χ4v) is 2.79. The third kappa shape index (κ3) is 2.61. The molecule has 0 radical (unpaired) electrons. The van der Waals surface area contributed by atoms with E-state index in [1.54, 1.807) is 13.0 Å². The van der Waals surface area contributed by atoms with Gasteiger partial charge in [0, 0.05) is 5.39 Å². The highest BCUT2D eigenvalue weighted by molar-refractivity contribution is 14.1. The summed E-state index contributed by atoms with van der Waals surface area (Å²) in [6.07, 6.45) is 0. The second-order valence-electron chi connectivity index (χ2n) is 4.71. The van der Waals surface area contributed by atoms with Crippen LogP contribution in [0, 0.1) is 0 Å². The first-order valence-electron chi connectivity index (χ1n) is 6.71. The summed E-state index contributed by atoms with van der Waals surface area (Å²) < 4.78 is 3.84. The van der Waals surface area contributed by atoms with Gasteiger partial charge in [0.2, 0.25) is 3.67 Å². The highest BCUT2D eigenvalue weighted by Gasteiger charge is 2.41. The molecule has 1 atom stereocenters. The van der Waals surface area contributed by atoms with Crippen LogP contribution >= 0.6 is 22.6 Å². The van der Waals surface area contributed by atoms with Crippen molar-refractivity contribution in [2.75, 3.05) is 6.61 Å². The van der Waals surface area contributed by atoms with Gasteiger partial charge < -0.3 is 4.74 Å². The number of carbonyl (C=O) groups is 1. The van der Waals surface area contributed by atoms with E-state index >= 15 is 0 Å². The topological polar surface area (TPSA) is 89.9 Å². The SMILES string of the molecule is CCOC(=O)C1=C(c2ccc3ccccc3n2)N=NC1(N)I. The van der Waals surface area contributed by atoms with Gasteiger partial charge in [-0.15, -0.1) is 10.2 Å². The number of nitrogens with two attached hydrogens (primary N) is 1. The molecule has 2 heterocycles. The second-order valence-corrected chi connectivity index (χ2v) is 6.35. The minimum absolute atomic E-state index is 0.220. The van der Waals surface area contributed by atoms with Crippen molar-refractivity contribution in [2.45, 2.75) is 10.6 Å². The van der Waals surface area contributed by atoms with Gasteiger partial charge in [-0.25, -0.2) is 9.78 Å². The van der Waals surface area contributed by atoms with E-state index in [0.29, 0.717) is 11.4 Å². The Balaban J connectivity index is 2.15. The van der Waals surface area contributed by atoms with E-state index in [4.69, 9.17) is 10.5 Å². The lowest BCUT2D eigenvalue weighted by Gasteiger charge is -2.14. The Hall–Kier alpha value is -1.87. The molecule has 0 amide bonds. The minimum atomic E-state index is -1.23. The van der Waals surface area contributed by atoms with Gasteiger partial charge in [0.1, 0.15) is 11.3 Å². The Kier molecular flexibility index (Phi) is 3.92. The molecular weight excluding hydrogens is 395 g/mol. The largest absolute Gasteiger partial charge is 0.462 e. The third-order valence-corrected chi connectivity index (χ3v) is 3.96. The summed E-state index contributed by atoms with van der Waals surface area (Å²) >= 11 is 1.87. The Morgan fingerprint density at radius 1 is 1.32 bits per heavy atom. The predicted molar refractivity (Wildman–Crippen MR) is 91.1 cm³/mol. The zero-order chi connectivity index (χ0) is 15.7. The Morgan fingerprint density at radius 3 is 2.86 bits per heavy atom. The smallest absolute Gasteiger partial charge is 0.341 e. The van der Waals surface area contributed by atoms with Gasteiger partial charge in [0.05, 0.1) is 17.8 Å². The second kappa shape index (κ2) is 5.73. The van der Waals surface area contributed by atoms with E-state index in [1.165, 1.54) is 0 Å². The summed E-state index contributed by atoms with van der Waals surface area (Å²) in [7, 11) is 0. The van der Waals surface area contributed by atoms with Crippen molar-refractivity contribution >= 4 is 45.2 Å². The number of benzene rings is 1. The monoisotopic (exact) mass is 408 g/mol. The molecule has 1 unspecified atom stereocenters. The number of fused-ring (bicyclic) bond motifs is 1. The van der Waals surface area contributed by atoms with Crippen molar-refractivity contribution in [2.24, 2.45) is 16.0 Å². The van der Waals surface area contributed by atoms with E-state index in [0.717, 1.165) is 10.9 Å². The number of azo groups is 1. The van der Waals surface area contributed by atoms with Crippen LogP contribution in [-0.4, -0.2) is 21.2 Å². The maximum Gasteiger partial charge on any atom is 0.341 e. The molecule has 2 aromatic rings. The average Bonchev–Trinajstić information content (AvgIpc) is 2.82. The lowest BCUT2D eigenvalue weighted by molar-refractivity contribution is -0.138. The standard InChI is InChI=1S/C15H13IN4O2/c1-2-22-14(21)12-13(19-20-15(12,16)17)11-8-7-9-5-3-4-6-10(9)18-11/h3-8H,2,17H2,1H3. The van der Waals surface area contributed by atoms with Crippen LogP contribution in [0.4, 0.5) is 0 Å². The number of halogens is 1. The van der Waals surface area contributed by atoms with Crippen LogP contribution in [0.15, 0.2) is 52.2 Å². The Labute approximate surface area is 140 Å². The number of pyridine rings is 1. The highest BCUT2D eigenvalue weighted by atomic mass is 127. The molecule has 0 fully saturated rings. The summed E-state index contributed by atoms with van der Waals surface area (Å²) in [5, 5.41) is 9.03. The van der Waals surface area contributed by atoms with Crippen molar-refractivity contribution < 1.29 is 9.53 Å². The predicted octanol–water partition coefficient (Wildman–Crippen LogP) is 3.02. The third-order valence-electron chi connectivity index (χ3n) is 3.20. The first-order chi connectivity index (χ1) is 10.5. The van der Waals surface area contributed by atoms with E-state index in [1.807, 2.05) is 52.9 Å². The molecule has 0 bridgehead atoms. The van der Waals surface area contributed by atoms with E-state index in [2.05, 4.69) is 15.2 Å². The van der Waals surface area contributed by atoms with E-state index in [9.17, 15) is 4.79 Å². The van der Waals surface area contributed by atoms with Crippen LogP contribution in [0.2, 0.25) is 0 Å². The maximum atomic E-state index is 12.2. The number of nitrogens with zero attached hydrogens (tertiary/aromatic N) is 3. The summed E-state index contributed by atoms with van der Waals surface area (Å²) in [5.74, 6) is -0.519. The number of alkyl halides is 1. The Morgan fingerprint density at radius 2 is 2.09 bits per heavy atom. The number of para-hydroxylation sites is 1. The minimum Gasteiger partial charge on any atom is -0.462 e. The fourth-order valence-electron chi connectivity index (χ4n) is 2.21. The molecule has 2 N–H and O–H groups in total. The van der Waals surface area contributed by atoms with Gasteiger partial charge in [0.15, 0.2) is 0 Å². The average molecular weight is 408 g/mol. The first kappa shape index (κ1) is 15.0. The van der Waals surface area contributed by atoms with Crippen LogP contribution in [0.25, 0.3) is 16.6 Å². The molecule has 3 rings (SSSR count). The van der Waals surface area contributed by atoms with Gasteiger partial charge in [-0.3, -0.25) is 5.73 Å². The number of aromatic nitrogens is 1. The van der Waals surface area contributed by atoms with E-state index < -0.39 is 9.64 Å². The van der Waals surface area contributed by atoms with Gasteiger partial charge in [0.25, 0.3) is 0 Å². The summed E-state index contributed by atoms with van der Waals surface area (Å²) in [4.78, 5) is 16.7. The number of hydrogen-bond donors (Lipinski definition) is 1. The quantitative estimate of drug-likeness (QED) is 0.366. The van der Waals surface area contributed by atoms with Crippen LogP contribution in [-0.2, 0) is 9.53 Å². The van der Waals surface area contributed by atoms with Gasteiger partial charge in [-0.2, -0.15) is 0 Å². The molecule has 112 valence electrons. The molecule has 1 aromatic heterocycles. The number of carbonyl (C=O) groups excluding carboxylic acids is 1. The zero-order valence-corrected chi connectivity index (χ0v) is 13.9. The van der Waals surface area contributed by atoms with Crippen molar-refractivity contribution in [3.63, 3.8) is 0 Å². The number of hydrogen-bond acceptors (Lipinski definition) is 6. The maximum absolute atomic E-state index is 12.2. The van der Waals surface area contributed by atoms with Gasteiger partial charge in [-0.1, -0.05) is 24.3 Å². The molecule has 1 aromatic carbocycles. The van der Waals surface area contributed by atoms with Gasteiger partial charge in [-0.05, 0) is 41.6 Å². The number of ether oxygens (including phenoxy) is 1. The molecule has 1 aliphatic rings. The fraction of sp³-hybridized carbons (Fsp3) is 0.200. The summed E-state index contributed by atoms with van der Waals surface area (Å²) in [6, 6.07) is 11.4. The van der Waals surface area contributed by atoms with Crippen molar-refractivity contribution in [3.05, 3.63) is 47.7 Å². The van der Waals surface area contributed by atoms with Crippen molar-refractivity contribution in [1.29, 1.82) is 0 Å². The summed E-state index contributed by atoms with van der Waals surface area (Å²) in [5.41, 5.74) is 7.98. The molecule has 0 spiro atoms.